The van der Waals surface area contributed by atoms with Crippen LogP contribution in [0.5, 0.6) is 0 Å². The zero-order valence-corrected chi connectivity index (χ0v) is 23.0. The van der Waals surface area contributed by atoms with Crippen LogP contribution in [0.3, 0.4) is 0 Å². The molecule has 1 heterocycles. The number of aromatic nitrogens is 1. The van der Waals surface area contributed by atoms with Crippen molar-refractivity contribution in [3.63, 3.8) is 0 Å². The Balaban J connectivity index is 1.67. The first-order valence-corrected chi connectivity index (χ1v) is 13.2. The molecule has 0 saturated heterocycles. The highest BCUT2D eigenvalue weighted by molar-refractivity contribution is 6.30. The molecule has 2 unspecified atom stereocenters. The molecule has 0 saturated carbocycles. The maximum Gasteiger partial charge on any atom is 0.213 e. The van der Waals surface area contributed by atoms with Crippen molar-refractivity contribution >= 4 is 11.6 Å². The van der Waals surface area contributed by atoms with Gasteiger partial charge in [-0.2, -0.15) is 14.9 Å². The molecule has 1 N–H and O–H groups in total. The summed E-state index contributed by atoms with van der Waals surface area (Å²) in [5, 5.41) is 24.1. The third-order valence-electron chi connectivity index (χ3n) is 7.16. The minimum absolute atomic E-state index is 0.0236. The van der Waals surface area contributed by atoms with Gasteiger partial charge in [0.15, 0.2) is 0 Å². The summed E-state index contributed by atoms with van der Waals surface area (Å²) in [6.07, 6.45) is 2.18. The molecule has 4 rings (SSSR count). The van der Waals surface area contributed by atoms with Gasteiger partial charge in [0.05, 0.1) is 29.2 Å². The van der Waals surface area contributed by atoms with Gasteiger partial charge in [-0.05, 0) is 85.3 Å². The summed E-state index contributed by atoms with van der Waals surface area (Å²) >= 11 is 6.13. The molecule has 39 heavy (non-hydrogen) atoms. The van der Waals surface area contributed by atoms with E-state index in [-0.39, 0.29) is 18.0 Å². The highest BCUT2D eigenvalue weighted by Gasteiger charge is 2.34. The summed E-state index contributed by atoms with van der Waals surface area (Å²) < 4.78 is 13.7. The molecule has 4 nitrogen and oxygen atoms in total. The Kier molecular flexibility index (Phi) is 8.77. The average molecular weight is 537 g/mol. The molecule has 0 radical (unpaired) electrons. The fraction of sp³-hybridized carbons (Fsp3) is 0.242. The summed E-state index contributed by atoms with van der Waals surface area (Å²) in [4.78, 5) is 3.64. The van der Waals surface area contributed by atoms with Crippen LogP contribution in [0, 0.1) is 34.0 Å². The van der Waals surface area contributed by atoms with Crippen molar-refractivity contribution in [2.75, 3.05) is 0 Å². The minimum atomic E-state index is -0.724. The van der Waals surface area contributed by atoms with Gasteiger partial charge < -0.3 is 5.32 Å². The number of nitrogens with one attached hydrogen (secondary N) is 1. The Morgan fingerprint density at radius 3 is 2.28 bits per heavy atom. The predicted octanol–water partition coefficient (Wildman–Crippen LogP) is 8.01. The molecule has 3 aromatic carbocycles. The number of nitrogens with zero attached hydrogens (tertiary/aromatic N) is 3. The van der Waals surface area contributed by atoms with E-state index in [9.17, 15) is 14.9 Å². The summed E-state index contributed by atoms with van der Waals surface area (Å²) in [6, 6.07) is 30.9. The fourth-order valence-electron chi connectivity index (χ4n) is 4.91. The van der Waals surface area contributed by atoms with Crippen LogP contribution in [0.15, 0.2) is 91.1 Å². The molecule has 0 aliphatic heterocycles. The van der Waals surface area contributed by atoms with Crippen LogP contribution >= 0.6 is 11.6 Å². The molecular formula is C33H30ClFN4. The van der Waals surface area contributed by atoms with Crippen molar-refractivity contribution in [2.45, 2.75) is 45.2 Å². The van der Waals surface area contributed by atoms with E-state index < -0.39 is 11.4 Å². The van der Waals surface area contributed by atoms with E-state index in [1.807, 2.05) is 80.6 Å². The maximum atomic E-state index is 13.7. The van der Waals surface area contributed by atoms with Crippen LogP contribution in [0.1, 0.15) is 55.0 Å². The topological polar surface area (TPSA) is 72.5 Å². The Morgan fingerprint density at radius 1 is 0.923 bits per heavy atom. The summed E-state index contributed by atoms with van der Waals surface area (Å²) in [6.45, 7) is 5.97. The van der Waals surface area contributed by atoms with Crippen LogP contribution < -0.4 is 5.32 Å². The van der Waals surface area contributed by atoms with Gasteiger partial charge in [0.1, 0.15) is 0 Å². The average Bonchev–Trinajstić information content (AvgIpc) is 2.95. The number of benzene rings is 3. The van der Waals surface area contributed by atoms with E-state index in [2.05, 4.69) is 29.4 Å². The monoisotopic (exact) mass is 536 g/mol. The minimum Gasteiger partial charge on any atom is -0.305 e. The van der Waals surface area contributed by atoms with Crippen molar-refractivity contribution < 1.29 is 4.39 Å². The van der Waals surface area contributed by atoms with Crippen LogP contribution in [0.4, 0.5) is 4.39 Å². The van der Waals surface area contributed by atoms with Gasteiger partial charge in [-0.3, -0.25) is 0 Å². The second-order valence-corrected chi connectivity index (χ2v) is 10.8. The lowest BCUT2D eigenvalue weighted by molar-refractivity contribution is 0.281. The SMILES string of the molecule is CC(N[C@@H](c1ccc(-c2ccnc(F)c2)cc1)C(C)(C)C#N)C(Cc1ccc(Cl)cc1)c1cccc(C#N)c1. The van der Waals surface area contributed by atoms with Crippen LogP contribution in [-0.4, -0.2) is 11.0 Å². The zero-order valence-electron chi connectivity index (χ0n) is 22.2. The molecule has 3 atom stereocenters. The lowest BCUT2D eigenvalue weighted by Gasteiger charge is -2.36. The first-order chi connectivity index (χ1) is 18.7. The standard InChI is InChI=1S/C33H30ClFN4/c1-22(30(18-23-7-13-29(34)14-8-23)28-6-4-5-24(17-28)20-36)39-32(33(2,3)21-37)26-11-9-25(10-12-26)27-15-16-38-31(35)19-27/h4-17,19,22,30,32,39H,18H2,1-3H3/t22?,30?,32-/m0/s1. The number of pyridine rings is 1. The summed E-state index contributed by atoms with van der Waals surface area (Å²) in [5.74, 6) is -0.502. The third kappa shape index (κ3) is 6.89. The van der Waals surface area contributed by atoms with Gasteiger partial charge in [-0.25, -0.2) is 4.98 Å². The van der Waals surface area contributed by atoms with Gasteiger partial charge >= 0.3 is 0 Å². The largest absolute Gasteiger partial charge is 0.305 e. The lowest BCUT2D eigenvalue weighted by Crippen LogP contribution is -2.42. The van der Waals surface area contributed by atoms with E-state index in [4.69, 9.17) is 11.6 Å². The molecule has 0 aliphatic carbocycles. The molecule has 0 bridgehead atoms. The van der Waals surface area contributed by atoms with Gasteiger partial charge in [-0.1, -0.05) is 60.1 Å². The highest BCUT2D eigenvalue weighted by Crippen LogP contribution is 2.36. The van der Waals surface area contributed by atoms with Crippen molar-refractivity contribution in [3.8, 4) is 23.3 Å². The molecule has 196 valence electrons. The molecule has 4 aromatic rings. The van der Waals surface area contributed by atoms with Crippen molar-refractivity contribution in [3.05, 3.63) is 124 Å². The normalized spacial score (nSPS) is 13.6. The van der Waals surface area contributed by atoms with Crippen molar-refractivity contribution in [1.29, 1.82) is 10.5 Å². The molecule has 0 fully saturated rings. The van der Waals surface area contributed by atoms with E-state index in [1.54, 1.807) is 12.1 Å². The smallest absolute Gasteiger partial charge is 0.213 e. The molecule has 0 spiro atoms. The van der Waals surface area contributed by atoms with Gasteiger partial charge in [0, 0.05) is 29.2 Å². The van der Waals surface area contributed by atoms with Gasteiger partial charge in [0.2, 0.25) is 5.95 Å². The first-order valence-electron chi connectivity index (χ1n) is 12.8. The van der Waals surface area contributed by atoms with Gasteiger partial charge in [-0.15, -0.1) is 0 Å². The molecule has 0 aliphatic rings. The van der Waals surface area contributed by atoms with Crippen LogP contribution in [-0.2, 0) is 6.42 Å². The van der Waals surface area contributed by atoms with E-state index >= 15 is 0 Å². The Hall–Kier alpha value is -4.03. The quantitative estimate of drug-likeness (QED) is 0.220. The highest BCUT2D eigenvalue weighted by atomic mass is 35.5. The van der Waals surface area contributed by atoms with Crippen LogP contribution in [0.2, 0.25) is 5.02 Å². The second-order valence-electron chi connectivity index (χ2n) is 10.4. The number of nitriles is 2. The zero-order chi connectivity index (χ0) is 28.0. The molecule has 1 aromatic heterocycles. The maximum absolute atomic E-state index is 13.7. The number of halogens is 2. The molecular weight excluding hydrogens is 507 g/mol. The van der Waals surface area contributed by atoms with Gasteiger partial charge in [0.25, 0.3) is 0 Å². The summed E-state index contributed by atoms with van der Waals surface area (Å²) in [5.41, 5.74) is 4.64. The molecule has 0 amide bonds. The first kappa shape index (κ1) is 28.0. The number of rotatable bonds is 9. The number of hydrogen-bond donors (Lipinski definition) is 1. The van der Waals surface area contributed by atoms with Crippen molar-refractivity contribution in [1.82, 2.24) is 10.3 Å². The lowest BCUT2D eigenvalue weighted by atomic mass is 9.79. The predicted molar refractivity (Wildman–Crippen MR) is 153 cm³/mol. The summed E-state index contributed by atoms with van der Waals surface area (Å²) in [7, 11) is 0. The second kappa shape index (κ2) is 12.2. The Bertz CT molecular complexity index is 1500. The van der Waals surface area contributed by atoms with E-state index in [1.165, 1.54) is 12.3 Å². The Morgan fingerprint density at radius 2 is 1.64 bits per heavy atom. The Labute approximate surface area is 234 Å². The fourth-order valence-corrected chi connectivity index (χ4v) is 5.04. The molecule has 6 heteroatoms. The third-order valence-corrected chi connectivity index (χ3v) is 7.41. The van der Waals surface area contributed by atoms with E-state index in [0.29, 0.717) is 10.6 Å². The number of hydrogen-bond acceptors (Lipinski definition) is 4. The van der Waals surface area contributed by atoms with Crippen LogP contribution in [0.25, 0.3) is 11.1 Å². The van der Waals surface area contributed by atoms with E-state index in [0.717, 1.165) is 34.2 Å². The van der Waals surface area contributed by atoms with Crippen molar-refractivity contribution in [2.24, 2.45) is 5.41 Å².